The van der Waals surface area contributed by atoms with Crippen LogP contribution in [-0.4, -0.2) is 83.9 Å². The van der Waals surface area contributed by atoms with Crippen molar-refractivity contribution >= 4 is 20.0 Å². The van der Waals surface area contributed by atoms with Crippen LogP contribution in [0.15, 0.2) is 88.7 Å². The first-order valence-electron chi connectivity index (χ1n) is 14.1. The number of hydrogen-bond acceptors (Lipinski definition) is 9. The second kappa shape index (κ2) is 13.3. The van der Waals surface area contributed by atoms with Crippen molar-refractivity contribution in [2.24, 2.45) is 0 Å². The Kier molecular flexibility index (Phi) is 9.71. The molecular weight excluding hydrogens is 594 g/mol. The van der Waals surface area contributed by atoms with Crippen molar-refractivity contribution in [2.45, 2.75) is 46.8 Å². The fourth-order valence-electron chi connectivity index (χ4n) is 5.33. The summed E-state index contributed by atoms with van der Waals surface area (Å²) >= 11 is 0. The zero-order valence-electron chi connectivity index (χ0n) is 23.9. The Labute approximate surface area is 252 Å². The SMILES string of the molecule is CNS(=O)(=O)c1cccc(OCC(O)CNC2COC3(CCN(S(=O)(=O)c4cccc(Oc5ccccc5)c4)CC3)C2)c1. The van der Waals surface area contributed by atoms with Gasteiger partial charge < -0.3 is 24.6 Å². The fraction of sp³-hybridized carbons (Fsp3) is 0.400. The van der Waals surface area contributed by atoms with Crippen LogP contribution in [0, 0.1) is 0 Å². The standard InChI is InChI=1S/C30H37N3O8S2/c1-31-42(35,36)28-11-5-9-26(17-28)39-22-24(34)20-32-23-19-30(40-21-23)13-15-33(16-14-30)43(37,38)29-12-6-10-27(18-29)41-25-7-3-2-4-8-25/h2-12,17-18,23-24,31-32,34H,13-16,19-22H2,1H3. The summed E-state index contributed by atoms with van der Waals surface area (Å²) in [5, 5.41) is 13.8. The van der Waals surface area contributed by atoms with Gasteiger partial charge in [-0.05, 0) is 62.7 Å². The van der Waals surface area contributed by atoms with Gasteiger partial charge in [0.2, 0.25) is 20.0 Å². The molecule has 11 nitrogen and oxygen atoms in total. The molecule has 2 heterocycles. The number of hydrogen-bond donors (Lipinski definition) is 3. The van der Waals surface area contributed by atoms with E-state index in [2.05, 4.69) is 10.0 Å². The fourth-order valence-corrected chi connectivity index (χ4v) is 7.57. The largest absolute Gasteiger partial charge is 0.491 e. The molecule has 3 aromatic carbocycles. The number of sulfonamides is 2. The van der Waals surface area contributed by atoms with Crippen molar-refractivity contribution in [2.75, 3.05) is 39.9 Å². The molecule has 0 bridgehead atoms. The number of nitrogens with zero attached hydrogens (tertiary/aromatic N) is 1. The minimum atomic E-state index is -3.70. The normalized spacial score (nSPS) is 19.7. The van der Waals surface area contributed by atoms with Crippen LogP contribution in [0.2, 0.25) is 0 Å². The Hall–Kier alpha value is -3.04. The van der Waals surface area contributed by atoms with Gasteiger partial charge in [-0.2, -0.15) is 4.31 Å². The van der Waals surface area contributed by atoms with Crippen molar-refractivity contribution in [3.63, 3.8) is 0 Å². The molecule has 2 aliphatic rings. The second-order valence-corrected chi connectivity index (χ2v) is 14.6. The van der Waals surface area contributed by atoms with Crippen LogP contribution < -0.4 is 19.5 Å². The predicted molar refractivity (Wildman–Crippen MR) is 160 cm³/mol. The van der Waals surface area contributed by atoms with Gasteiger partial charge in [0.15, 0.2) is 0 Å². The first-order chi connectivity index (χ1) is 20.6. The highest BCUT2D eigenvalue weighted by molar-refractivity contribution is 7.89. The van der Waals surface area contributed by atoms with Gasteiger partial charge in [0.05, 0.1) is 22.0 Å². The highest BCUT2D eigenvalue weighted by atomic mass is 32.2. The van der Waals surface area contributed by atoms with Crippen LogP contribution in [0.4, 0.5) is 0 Å². The third kappa shape index (κ3) is 7.73. The van der Waals surface area contributed by atoms with Crippen LogP contribution in [0.1, 0.15) is 19.3 Å². The lowest BCUT2D eigenvalue weighted by atomic mass is 9.88. The molecular formula is C30H37N3O8S2. The maximum Gasteiger partial charge on any atom is 0.243 e. The summed E-state index contributed by atoms with van der Waals surface area (Å²) < 4.78 is 72.2. The van der Waals surface area contributed by atoms with Gasteiger partial charge in [-0.15, -0.1) is 0 Å². The van der Waals surface area contributed by atoms with Crippen LogP contribution in [0.3, 0.4) is 0 Å². The molecule has 3 N–H and O–H groups in total. The van der Waals surface area contributed by atoms with E-state index in [9.17, 15) is 21.9 Å². The number of nitrogens with one attached hydrogen (secondary N) is 2. The van der Waals surface area contributed by atoms with Gasteiger partial charge in [0, 0.05) is 37.8 Å². The molecule has 0 amide bonds. The van der Waals surface area contributed by atoms with Crippen molar-refractivity contribution in [3.8, 4) is 17.2 Å². The summed E-state index contributed by atoms with van der Waals surface area (Å²) in [6, 6.07) is 21.8. The van der Waals surface area contributed by atoms with Crippen molar-refractivity contribution in [3.05, 3.63) is 78.9 Å². The van der Waals surface area contributed by atoms with Gasteiger partial charge >= 0.3 is 0 Å². The molecule has 232 valence electrons. The number of ether oxygens (including phenoxy) is 3. The van der Waals surface area contributed by atoms with Gasteiger partial charge in [-0.3, -0.25) is 0 Å². The van der Waals surface area contributed by atoms with Crippen molar-refractivity contribution < 1.29 is 36.2 Å². The van der Waals surface area contributed by atoms with E-state index in [0.29, 0.717) is 56.2 Å². The molecule has 2 aliphatic heterocycles. The van der Waals surface area contributed by atoms with E-state index >= 15 is 0 Å². The Balaban J connectivity index is 1.08. The molecule has 0 aromatic heterocycles. The van der Waals surface area contributed by atoms with Gasteiger partial charge in [0.25, 0.3) is 0 Å². The number of rotatable bonds is 12. The molecule has 2 saturated heterocycles. The van der Waals surface area contributed by atoms with Crippen LogP contribution in [-0.2, 0) is 24.8 Å². The summed E-state index contributed by atoms with van der Waals surface area (Å²) in [4.78, 5) is 0.272. The maximum atomic E-state index is 13.4. The second-order valence-electron chi connectivity index (χ2n) is 10.7. The Morgan fingerprint density at radius 1 is 0.930 bits per heavy atom. The highest BCUT2D eigenvalue weighted by Gasteiger charge is 2.44. The monoisotopic (exact) mass is 631 g/mol. The summed E-state index contributed by atoms with van der Waals surface area (Å²) in [6.45, 7) is 1.40. The summed E-state index contributed by atoms with van der Waals surface area (Å²) in [7, 11) is -5.96. The van der Waals surface area contributed by atoms with Gasteiger partial charge in [-0.1, -0.05) is 30.3 Å². The first-order valence-corrected chi connectivity index (χ1v) is 17.1. The summed E-state index contributed by atoms with van der Waals surface area (Å²) in [6.07, 6.45) is 1.03. The molecule has 13 heteroatoms. The highest BCUT2D eigenvalue weighted by Crippen LogP contribution is 2.37. The third-order valence-electron chi connectivity index (χ3n) is 7.73. The molecule has 2 atom stereocenters. The molecule has 0 radical (unpaired) electrons. The summed E-state index contributed by atoms with van der Waals surface area (Å²) in [5.74, 6) is 1.43. The number of piperidine rings is 1. The minimum Gasteiger partial charge on any atom is -0.491 e. The molecule has 1 spiro atoms. The van der Waals surface area contributed by atoms with Crippen LogP contribution in [0.5, 0.6) is 17.2 Å². The van der Waals surface area contributed by atoms with E-state index in [-0.39, 0.29) is 29.0 Å². The van der Waals surface area contributed by atoms with Crippen LogP contribution in [0.25, 0.3) is 0 Å². The van der Waals surface area contributed by atoms with Gasteiger partial charge in [-0.25, -0.2) is 21.6 Å². The lowest BCUT2D eigenvalue weighted by molar-refractivity contribution is -0.0312. The van der Waals surface area contributed by atoms with E-state index in [1.54, 1.807) is 36.4 Å². The number of aliphatic hydroxyl groups excluding tert-OH is 1. The van der Waals surface area contributed by atoms with E-state index in [1.165, 1.54) is 23.5 Å². The quantitative estimate of drug-likeness (QED) is 0.275. The third-order valence-corrected chi connectivity index (χ3v) is 11.0. The molecule has 2 unspecified atom stereocenters. The first kappa shape index (κ1) is 31.4. The molecule has 5 rings (SSSR count). The zero-order chi connectivity index (χ0) is 30.5. The minimum absolute atomic E-state index is 0.00808. The lowest BCUT2D eigenvalue weighted by Crippen LogP contribution is -2.47. The zero-order valence-corrected chi connectivity index (χ0v) is 25.5. The number of aliphatic hydroxyl groups is 1. The Morgan fingerprint density at radius 2 is 1.58 bits per heavy atom. The Bertz CT molecular complexity index is 1590. The molecule has 2 fully saturated rings. The molecule has 43 heavy (non-hydrogen) atoms. The Morgan fingerprint density at radius 3 is 2.30 bits per heavy atom. The topological polar surface area (TPSA) is 144 Å². The average Bonchev–Trinajstić information content (AvgIpc) is 3.42. The van der Waals surface area contributed by atoms with Crippen molar-refractivity contribution in [1.82, 2.24) is 14.3 Å². The molecule has 0 aliphatic carbocycles. The van der Waals surface area contributed by atoms with E-state index in [1.807, 2.05) is 30.3 Å². The van der Waals surface area contributed by atoms with Gasteiger partial charge in [0.1, 0.15) is 30.0 Å². The lowest BCUT2D eigenvalue weighted by Gasteiger charge is -2.38. The van der Waals surface area contributed by atoms with E-state index in [0.717, 1.165) is 0 Å². The average molecular weight is 632 g/mol. The number of para-hydroxylation sites is 1. The van der Waals surface area contributed by atoms with Crippen LogP contribution >= 0.6 is 0 Å². The van der Waals surface area contributed by atoms with Crippen molar-refractivity contribution in [1.29, 1.82) is 0 Å². The number of benzene rings is 3. The molecule has 0 saturated carbocycles. The predicted octanol–water partition coefficient (Wildman–Crippen LogP) is 2.73. The molecule has 3 aromatic rings. The van der Waals surface area contributed by atoms with E-state index < -0.39 is 31.8 Å². The summed E-state index contributed by atoms with van der Waals surface area (Å²) in [5.41, 5.74) is -0.414. The van der Waals surface area contributed by atoms with E-state index in [4.69, 9.17) is 14.2 Å². The maximum absolute atomic E-state index is 13.4. The smallest absolute Gasteiger partial charge is 0.243 e.